The molecule has 0 saturated heterocycles. The lowest BCUT2D eigenvalue weighted by molar-refractivity contribution is -0.139. The van der Waals surface area contributed by atoms with Crippen LogP contribution in [0.3, 0.4) is 0 Å². The molecule has 1 unspecified atom stereocenters. The maximum Gasteiger partial charge on any atom is 0.325 e. The molecule has 0 aliphatic heterocycles. The Labute approximate surface area is 85.7 Å². The lowest BCUT2D eigenvalue weighted by atomic mass is 10.1. The molecule has 3 nitrogen and oxygen atoms in total. The maximum atomic E-state index is 13.3. The SMILES string of the molecule is CCNC(C(=O)O)c1cccc(F)c1F. The fourth-order valence-electron chi connectivity index (χ4n) is 1.28. The van der Waals surface area contributed by atoms with Crippen LogP contribution in [-0.2, 0) is 4.79 Å². The second kappa shape index (κ2) is 4.84. The Morgan fingerprint density at radius 2 is 2.20 bits per heavy atom. The Kier molecular flexibility index (Phi) is 3.74. The molecule has 5 heteroatoms. The third-order valence-electron chi connectivity index (χ3n) is 1.95. The van der Waals surface area contributed by atoms with Crippen LogP contribution in [0.4, 0.5) is 8.78 Å². The largest absolute Gasteiger partial charge is 0.480 e. The van der Waals surface area contributed by atoms with Crippen molar-refractivity contribution in [2.45, 2.75) is 13.0 Å². The number of benzene rings is 1. The highest BCUT2D eigenvalue weighted by molar-refractivity contribution is 5.75. The van der Waals surface area contributed by atoms with Crippen molar-refractivity contribution in [3.63, 3.8) is 0 Å². The minimum absolute atomic E-state index is 0.190. The number of hydrogen-bond donors (Lipinski definition) is 2. The predicted molar refractivity (Wildman–Crippen MR) is 50.4 cm³/mol. The molecular formula is C10H11F2NO2. The third-order valence-corrected chi connectivity index (χ3v) is 1.95. The molecule has 0 fully saturated rings. The van der Waals surface area contributed by atoms with Crippen LogP contribution in [0.1, 0.15) is 18.5 Å². The number of nitrogens with one attached hydrogen (secondary N) is 1. The number of hydrogen-bond acceptors (Lipinski definition) is 2. The van der Waals surface area contributed by atoms with E-state index in [-0.39, 0.29) is 5.56 Å². The van der Waals surface area contributed by atoms with Crippen LogP contribution in [0.25, 0.3) is 0 Å². The van der Waals surface area contributed by atoms with E-state index in [1.165, 1.54) is 12.1 Å². The second-order valence-electron chi connectivity index (χ2n) is 2.97. The summed E-state index contributed by atoms with van der Waals surface area (Å²) in [6.45, 7) is 2.04. The Balaban J connectivity index is 3.11. The highest BCUT2D eigenvalue weighted by Crippen LogP contribution is 2.19. The number of carbonyl (C=O) groups is 1. The number of likely N-dealkylation sites (N-methyl/N-ethyl adjacent to an activating group) is 1. The summed E-state index contributed by atoms with van der Waals surface area (Å²) in [7, 11) is 0. The van der Waals surface area contributed by atoms with Gasteiger partial charge in [-0.15, -0.1) is 0 Å². The molecule has 0 aromatic heterocycles. The van der Waals surface area contributed by atoms with Crippen molar-refractivity contribution < 1.29 is 18.7 Å². The number of halogens is 2. The molecule has 0 amide bonds. The molecule has 0 heterocycles. The number of carboxylic acid groups (broad SMARTS) is 1. The van der Waals surface area contributed by atoms with Gasteiger partial charge in [-0.2, -0.15) is 0 Å². The van der Waals surface area contributed by atoms with Gasteiger partial charge in [0, 0.05) is 5.56 Å². The van der Waals surface area contributed by atoms with Gasteiger partial charge in [0.05, 0.1) is 0 Å². The molecule has 0 saturated carbocycles. The van der Waals surface area contributed by atoms with Gasteiger partial charge in [-0.05, 0) is 12.6 Å². The fraction of sp³-hybridized carbons (Fsp3) is 0.300. The van der Waals surface area contributed by atoms with Crippen molar-refractivity contribution in [1.82, 2.24) is 5.32 Å². The first-order valence-corrected chi connectivity index (χ1v) is 4.48. The van der Waals surface area contributed by atoms with Crippen molar-refractivity contribution in [2.24, 2.45) is 0 Å². The van der Waals surface area contributed by atoms with Gasteiger partial charge in [0.15, 0.2) is 11.6 Å². The molecule has 2 N–H and O–H groups in total. The zero-order valence-electron chi connectivity index (χ0n) is 8.13. The van der Waals surface area contributed by atoms with E-state index in [0.717, 1.165) is 6.07 Å². The minimum Gasteiger partial charge on any atom is -0.480 e. The number of carboxylic acids is 1. The topological polar surface area (TPSA) is 49.3 Å². The van der Waals surface area contributed by atoms with E-state index in [4.69, 9.17) is 5.11 Å². The average molecular weight is 215 g/mol. The average Bonchev–Trinajstić information content (AvgIpc) is 2.19. The third kappa shape index (κ3) is 2.50. The minimum atomic E-state index is -1.23. The van der Waals surface area contributed by atoms with Gasteiger partial charge in [-0.3, -0.25) is 4.79 Å². The van der Waals surface area contributed by atoms with Crippen molar-refractivity contribution in [3.8, 4) is 0 Å². The maximum absolute atomic E-state index is 13.3. The molecule has 1 atom stereocenters. The Hall–Kier alpha value is -1.49. The predicted octanol–water partition coefficient (Wildman–Crippen LogP) is 1.70. The second-order valence-corrected chi connectivity index (χ2v) is 2.97. The van der Waals surface area contributed by atoms with E-state index >= 15 is 0 Å². The molecular weight excluding hydrogens is 204 g/mol. The van der Waals surface area contributed by atoms with Gasteiger partial charge < -0.3 is 10.4 Å². The summed E-state index contributed by atoms with van der Waals surface area (Å²) in [6, 6.07) is 2.26. The molecule has 0 aliphatic rings. The molecule has 1 aromatic rings. The zero-order valence-corrected chi connectivity index (χ0v) is 8.13. The van der Waals surface area contributed by atoms with Crippen LogP contribution in [0.15, 0.2) is 18.2 Å². The van der Waals surface area contributed by atoms with Gasteiger partial charge in [0.2, 0.25) is 0 Å². The van der Waals surface area contributed by atoms with Crippen LogP contribution in [0, 0.1) is 11.6 Å². The summed E-state index contributed by atoms with van der Waals surface area (Å²) >= 11 is 0. The first kappa shape index (κ1) is 11.6. The highest BCUT2D eigenvalue weighted by atomic mass is 19.2. The van der Waals surface area contributed by atoms with Crippen molar-refractivity contribution in [1.29, 1.82) is 0 Å². The lowest BCUT2D eigenvalue weighted by Gasteiger charge is -2.14. The normalized spacial score (nSPS) is 12.5. The Morgan fingerprint density at radius 3 is 2.73 bits per heavy atom. The van der Waals surface area contributed by atoms with Gasteiger partial charge in [-0.1, -0.05) is 19.1 Å². The summed E-state index contributed by atoms with van der Waals surface area (Å²) in [5, 5.41) is 11.4. The fourth-order valence-corrected chi connectivity index (χ4v) is 1.28. The summed E-state index contributed by atoms with van der Waals surface area (Å²) in [4.78, 5) is 10.8. The molecule has 1 rings (SSSR count). The van der Waals surface area contributed by atoms with E-state index < -0.39 is 23.6 Å². The van der Waals surface area contributed by atoms with Gasteiger partial charge in [-0.25, -0.2) is 8.78 Å². The van der Waals surface area contributed by atoms with Crippen LogP contribution >= 0.6 is 0 Å². The van der Waals surface area contributed by atoms with Crippen molar-refractivity contribution >= 4 is 5.97 Å². The summed E-state index contributed by atoms with van der Waals surface area (Å²) in [5.41, 5.74) is -0.190. The Morgan fingerprint density at radius 1 is 1.53 bits per heavy atom. The molecule has 0 bridgehead atoms. The van der Waals surface area contributed by atoms with Crippen LogP contribution in [0.2, 0.25) is 0 Å². The Bertz CT molecular complexity index is 368. The molecule has 0 aliphatic carbocycles. The van der Waals surface area contributed by atoms with Crippen LogP contribution in [-0.4, -0.2) is 17.6 Å². The molecule has 1 aromatic carbocycles. The summed E-state index contributed by atoms with van der Waals surface area (Å²) in [6.07, 6.45) is 0. The smallest absolute Gasteiger partial charge is 0.325 e. The van der Waals surface area contributed by atoms with E-state index in [0.29, 0.717) is 6.54 Å². The first-order valence-electron chi connectivity index (χ1n) is 4.48. The first-order chi connectivity index (χ1) is 7.07. The number of aliphatic carboxylic acids is 1. The quantitative estimate of drug-likeness (QED) is 0.803. The molecule has 15 heavy (non-hydrogen) atoms. The zero-order chi connectivity index (χ0) is 11.4. The van der Waals surface area contributed by atoms with Crippen molar-refractivity contribution in [3.05, 3.63) is 35.4 Å². The van der Waals surface area contributed by atoms with E-state index in [1.807, 2.05) is 0 Å². The number of rotatable bonds is 4. The standard InChI is InChI=1S/C10H11F2NO2/c1-2-13-9(10(14)15)6-4-3-5-7(11)8(6)12/h3-5,9,13H,2H2,1H3,(H,14,15). The van der Waals surface area contributed by atoms with Gasteiger partial charge in [0.1, 0.15) is 6.04 Å². The molecule has 82 valence electrons. The molecule has 0 radical (unpaired) electrons. The summed E-state index contributed by atoms with van der Waals surface area (Å²) < 4.78 is 26.1. The van der Waals surface area contributed by atoms with E-state index in [9.17, 15) is 13.6 Å². The van der Waals surface area contributed by atoms with Gasteiger partial charge >= 0.3 is 5.97 Å². The molecule has 0 spiro atoms. The van der Waals surface area contributed by atoms with Crippen LogP contribution < -0.4 is 5.32 Å². The van der Waals surface area contributed by atoms with Crippen molar-refractivity contribution in [2.75, 3.05) is 6.54 Å². The van der Waals surface area contributed by atoms with E-state index in [1.54, 1.807) is 6.92 Å². The lowest BCUT2D eigenvalue weighted by Crippen LogP contribution is -2.29. The van der Waals surface area contributed by atoms with Crippen LogP contribution in [0.5, 0.6) is 0 Å². The summed E-state index contributed by atoms with van der Waals surface area (Å²) in [5.74, 6) is -3.40. The van der Waals surface area contributed by atoms with Gasteiger partial charge in [0.25, 0.3) is 0 Å². The monoisotopic (exact) mass is 215 g/mol. The van der Waals surface area contributed by atoms with E-state index in [2.05, 4.69) is 5.32 Å². The highest BCUT2D eigenvalue weighted by Gasteiger charge is 2.23.